The molecule has 2 N–H and O–H groups in total. The molecule has 0 aromatic heterocycles. The molecule has 19 heteroatoms. The molecule has 2 atom stereocenters. The minimum atomic E-state index is -4.68. The van der Waals surface area contributed by atoms with E-state index in [1.165, 1.54) is 34.1 Å². The fourth-order valence-corrected chi connectivity index (χ4v) is 9.23. The highest BCUT2D eigenvalue weighted by molar-refractivity contribution is 7.99. The molecule has 0 saturated carbocycles. The van der Waals surface area contributed by atoms with Gasteiger partial charge in [-0.3, -0.25) is 19.4 Å². The third kappa shape index (κ3) is 8.84. The van der Waals surface area contributed by atoms with Crippen molar-refractivity contribution in [2.45, 2.75) is 37.3 Å². The highest BCUT2D eigenvalue weighted by Crippen LogP contribution is 2.42. The second-order valence-electron chi connectivity index (χ2n) is 15.5. The summed E-state index contributed by atoms with van der Waals surface area (Å²) >= 11 is 1.56. The minimum absolute atomic E-state index is 0.0393. The number of rotatable bonds is 12. The summed E-state index contributed by atoms with van der Waals surface area (Å²) in [6.07, 6.45) is -8.34. The molecule has 0 saturated heterocycles. The fraction of sp³-hybridized carbons (Fsp3) is 0.261. The number of hydrogen-bond acceptors (Lipinski definition) is 7. The van der Waals surface area contributed by atoms with Gasteiger partial charge in [0.25, 0.3) is 11.8 Å². The summed E-state index contributed by atoms with van der Waals surface area (Å²) in [6.45, 7) is 0.437. The van der Waals surface area contributed by atoms with E-state index >= 15 is 0 Å². The van der Waals surface area contributed by atoms with Crippen LogP contribution in [0.2, 0.25) is 0 Å². The molecular formula is C46H36F6N8O4S. The molecule has 65 heavy (non-hydrogen) atoms. The van der Waals surface area contributed by atoms with Gasteiger partial charge in [-0.1, -0.05) is 36.4 Å². The number of urea groups is 2. The van der Waals surface area contributed by atoms with Crippen LogP contribution in [0.1, 0.15) is 58.3 Å². The predicted octanol–water partition coefficient (Wildman–Crippen LogP) is 8.42. The van der Waals surface area contributed by atoms with Crippen molar-refractivity contribution in [2.75, 3.05) is 47.5 Å². The molecule has 0 aliphatic carbocycles. The van der Waals surface area contributed by atoms with E-state index in [2.05, 4.69) is 10.6 Å². The first-order valence-corrected chi connectivity index (χ1v) is 21.4. The van der Waals surface area contributed by atoms with Crippen molar-refractivity contribution in [3.8, 4) is 12.1 Å². The monoisotopic (exact) mass is 910 g/mol. The number of hydrogen-bond donors (Lipinski definition) is 2. The normalized spacial score (nSPS) is 18.7. The van der Waals surface area contributed by atoms with E-state index in [1.54, 1.807) is 60.3 Å². The van der Waals surface area contributed by atoms with Crippen LogP contribution in [0.4, 0.5) is 47.3 Å². The van der Waals surface area contributed by atoms with Crippen LogP contribution >= 0.6 is 11.8 Å². The van der Waals surface area contributed by atoms with Crippen LogP contribution < -0.4 is 20.4 Å². The third-order valence-electron chi connectivity index (χ3n) is 11.4. The lowest BCUT2D eigenvalue weighted by molar-refractivity contribution is -0.138. The number of carbonyl (C=O) groups is 4. The molecule has 0 fully saturated rings. The Balaban J connectivity index is 0.918. The number of nitrogens with zero attached hydrogens (tertiary/aromatic N) is 6. The summed E-state index contributed by atoms with van der Waals surface area (Å²) in [5.41, 5.74) is 0.619. The summed E-state index contributed by atoms with van der Waals surface area (Å²) in [7, 11) is 0. The van der Waals surface area contributed by atoms with E-state index in [9.17, 15) is 56.0 Å². The van der Waals surface area contributed by atoms with Crippen molar-refractivity contribution >= 4 is 47.0 Å². The molecule has 4 aliphatic rings. The number of thioether (sulfide) groups is 1. The zero-order valence-corrected chi connectivity index (χ0v) is 34.9. The lowest BCUT2D eigenvalue weighted by Gasteiger charge is -2.34. The molecule has 332 valence electrons. The second kappa shape index (κ2) is 17.7. The largest absolute Gasteiger partial charge is 0.416 e. The summed E-state index contributed by atoms with van der Waals surface area (Å²) in [4.78, 5) is 60.7. The molecule has 0 bridgehead atoms. The molecule has 0 spiro atoms. The number of anilines is 2. The quantitative estimate of drug-likeness (QED) is 0.107. The Morgan fingerprint density at radius 3 is 1.32 bits per heavy atom. The van der Waals surface area contributed by atoms with E-state index < -0.39 is 59.4 Å². The van der Waals surface area contributed by atoms with Crippen molar-refractivity contribution in [2.24, 2.45) is 0 Å². The van der Waals surface area contributed by atoms with Crippen LogP contribution in [-0.4, -0.2) is 71.4 Å². The SMILES string of the molecule is N#Cc1ccc([C@H]2NC(=O)N(c3cccc(C(F)(F)F)c3)C3=C2C(=O)N(CCCSCCCN2CC4=C(C2=O)[C@@H](c2ccc(C#N)cc2)NC(=O)N4c2cccc(C(F)(F)F)c2)C3)cc1. The van der Waals surface area contributed by atoms with Gasteiger partial charge >= 0.3 is 24.4 Å². The van der Waals surface area contributed by atoms with Gasteiger partial charge in [0.05, 0.1) is 93.5 Å². The van der Waals surface area contributed by atoms with Gasteiger partial charge < -0.3 is 20.4 Å². The lowest BCUT2D eigenvalue weighted by atomic mass is 9.94. The lowest BCUT2D eigenvalue weighted by Crippen LogP contribution is -2.47. The summed E-state index contributed by atoms with van der Waals surface area (Å²) in [5, 5.41) is 24.1. The second-order valence-corrected chi connectivity index (χ2v) is 16.7. The van der Waals surface area contributed by atoms with Crippen LogP contribution in [0.15, 0.2) is 120 Å². The van der Waals surface area contributed by atoms with Gasteiger partial charge in [-0.05, 0) is 96.1 Å². The molecule has 4 aliphatic heterocycles. The van der Waals surface area contributed by atoms with Gasteiger partial charge in [0, 0.05) is 13.1 Å². The molecule has 4 heterocycles. The average Bonchev–Trinajstić information content (AvgIpc) is 3.79. The first-order valence-electron chi connectivity index (χ1n) is 20.3. The molecule has 8 rings (SSSR count). The Bertz CT molecular complexity index is 2540. The number of nitrogens with one attached hydrogen (secondary N) is 2. The minimum Gasteiger partial charge on any atom is -0.333 e. The summed E-state index contributed by atoms with van der Waals surface area (Å²) in [5.74, 6) is 0.360. The van der Waals surface area contributed by atoms with Crippen LogP contribution in [-0.2, 0) is 21.9 Å². The molecular weight excluding hydrogens is 875 g/mol. The van der Waals surface area contributed by atoms with Crippen LogP contribution in [0.25, 0.3) is 0 Å². The van der Waals surface area contributed by atoms with Gasteiger partial charge in [-0.25, -0.2) is 9.59 Å². The van der Waals surface area contributed by atoms with Gasteiger partial charge in [-0.2, -0.15) is 48.6 Å². The van der Waals surface area contributed by atoms with Gasteiger partial charge in [0.2, 0.25) is 0 Å². The average molecular weight is 911 g/mol. The van der Waals surface area contributed by atoms with Gasteiger partial charge in [-0.15, -0.1) is 0 Å². The van der Waals surface area contributed by atoms with Crippen LogP contribution in [0.3, 0.4) is 0 Å². The Kier molecular flexibility index (Phi) is 12.1. The van der Waals surface area contributed by atoms with Crippen molar-refractivity contribution in [1.82, 2.24) is 20.4 Å². The van der Waals surface area contributed by atoms with Crippen molar-refractivity contribution in [3.63, 3.8) is 0 Å². The Hall–Kier alpha value is -7.25. The Morgan fingerprint density at radius 2 is 0.969 bits per heavy atom. The number of alkyl halides is 6. The number of carbonyl (C=O) groups excluding carboxylic acids is 4. The number of benzene rings is 4. The highest BCUT2D eigenvalue weighted by atomic mass is 32.2. The smallest absolute Gasteiger partial charge is 0.333 e. The van der Waals surface area contributed by atoms with Crippen molar-refractivity contribution in [3.05, 3.63) is 153 Å². The zero-order chi connectivity index (χ0) is 46.2. The van der Waals surface area contributed by atoms with Crippen LogP contribution in [0.5, 0.6) is 0 Å². The summed E-state index contributed by atoms with van der Waals surface area (Å²) < 4.78 is 82.3. The van der Waals surface area contributed by atoms with Crippen molar-refractivity contribution < 1.29 is 45.5 Å². The standard InChI is InChI=1S/C46H36F6N8O4S/c47-45(48,49)31-5-1-7-33(21-31)59-35-25-57(41(61)37(35)39(55-43(59)63)29-13-9-27(23-53)10-14-29)17-3-19-65-20-4-18-58-26-36-38(42(58)62)40(30-15-11-28(24-54)12-16-30)56-44(64)60(36)34-8-2-6-32(22-34)46(50,51)52/h1-2,5-16,21-22,39-40H,3-4,17-20,25-26H2,(H,55,63)(H,56,64)/t39-,40-/m1/s1. The van der Waals surface area contributed by atoms with Gasteiger partial charge in [0.1, 0.15) is 0 Å². The maximum Gasteiger partial charge on any atom is 0.416 e. The predicted molar refractivity (Wildman–Crippen MR) is 226 cm³/mol. The number of halogens is 6. The number of amides is 6. The fourth-order valence-electron chi connectivity index (χ4n) is 8.36. The van der Waals surface area contributed by atoms with E-state index in [1.807, 2.05) is 12.1 Å². The maximum absolute atomic E-state index is 14.1. The molecule has 0 unspecified atom stereocenters. The molecule has 12 nitrogen and oxygen atoms in total. The van der Waals surface area contributed by atoms with Gasteiger partial charge in [0.15, 0.2) is 0 Å². The van der Waals surface area contributed by atoms with Crippen molar-refractivity contribution in [1.29, 1.82) is 10.5 Å². The highest BCUT2D eigenvalue weighted by Gasteiger charge is 2.47. The van der Waals surface area contributed by atoms with E-state index in [4.69, 9.17) is 0 Å². The molecule has 4 aromatic carbocycles. The first kappa shape index (κ1) is 44.4. The van der Waals surface area contributed by atoms with E-state index in [-0.39, 0.29) is 60.1 Å². The summed E-state index contributed by atoms with van der Waals surface area (Å²) in [6, 6.07) is 22.0. The van der Waals surface area contributed by atoms with Crippen LogP contribution in [0, 0.1) is 22.7 Å². The zero-order valence-electron chi connectivity index (χ0n) is 34.0. The Morgan fingerprint density at radius 1 is 0.585 bits per heavy atom. The molecule has 4 aromatic rings. The number of nitriles is 2. The topological polar surface area (TPSA) is 153 Å². The molecule has 6 amide bonds. The third-order valence-corrected chi connectivity index (χ3v) is 12.6. The molecule has 0 radical (unpaired) electrons. The van der Waals surface area contributed by atoms with E-state index in [0.29, 0.717) is 46.6 Å². The maximum atomic E-state index is 14.1. The first-order chi connectivity index (χ1) is 31.1. The van der Waals surface area contributed by atoms with E-state index in [0.717, 1.165) is 34.1 Å². The Labute approximate surface area is 372 Å².